The third-order valence-electron chi connectivity index (χ3n) is 4.20. The van der Waals surface area contributed by atoms with Crippen molar-refractivity contribution in [1.29, 1.82) is 0 Å². The van der Waals surface area contributed by atoms with Crippen LogP contribution < -0.4 is 10.6 Å². The first kappa shape index (κ1) is 17.7. The van der Waals surface area contributed by atoms with E-state index in [2.05, 4.69) is 10.6 Å². The fraction of sp³-hybridized carbons (Fsp3) is 0.300. The number of carbonyl (C=O) groups excluding carboxylic acids is 2. The number of hydrogen-bond donors (Lipinski definition) is 2. The zero-order valence-electron chi connectivity index (χ0n) is 14.7. The van der Waals surface area contributed by atoms with E-state index >= 15 is 0 Å². The average molecular weight is 324 g/mol. The zero-order valence-corrected chi connectivity index (χ0v) is 14.7. The fourth-order valence-corrected chi connectivity index (χ4v) is 2.61. The van der Waals surface area contributed by atoms with Gasteiger partial charge in [-0.05, 0) is 55.5 Å². The monoisotopic (exact) mass is 324 g/mol. The molecule has 0 saturated heterocycles. The maximum absolute atomic E-state index is 12.2. The van der Waals surface area contributed by atoms with E-state index in [1.54, 1.807) is 0 Å². The summed E-state index contributed by atoms with van der Waals surface area (Å²) in [6.45, 7) is 7.93. The summed E-state index contributed by atoms with van der Waals surface area (Å²) < 4.78 is 0. The van der Waals surface area contributed by atoms with Crippen molar-refractivity contribution >= 4 is 23.2 Å². The second-order valence-electron chi connectivity index (χ2n) is 5.98. The molecule has 24 heavy (non-hydrogen) atoms. The van der Waals surface area contributed by atoms with Gasteiger partial charge in [0.05, 0.1) is 0 Å². The van der Waals surface area contributed by atoms with Crippen LogP contribution in [0.2, 0.25) is 0 Å². The smallest absolute Gasteiger partial charge is 0.233 e. The molecule has 0 aliphatic rings. The molecule has 0 fully saturated rings. The average Bonchev–Trinajstić information content (AvgIpc) is 2.53. The van der Waals surface area contributed by atoms with E-state index in [-0.39, 0.29) is 18.2 Å². The maximum Gasteiger partial charge on any atom is 0.233 e. The van der Waals surface area contributed by atoms with Crippen molar-refractivity contribution in [1.82, 2.24) is 0 Å². The molecule has 2 rings (SSSR count). The van der Waals surface area contributed by atoms with E-state index in [9.17, 15) is 9.59 Å². The molecule has 0 atom stereocenters. The maximum atomic E-state index is 12.2. The number of amides is 2. The highest BCUT2D eigenvalue weighted by Gasteiger charge is 2.13. The van der Waals surface area contributed by atoms with Crippen molar-refractivity contribution in [2.45, 2.75) is 40.5 Å². The van der Waals surface area contributed by atoms with Gasteiger partial charge < -0.3 is 10.6 Å². The van der Waals surface area contributed by atoms with E-state index < -0.39 is 0 Å². The quantitative estimate of drug-likeness (QED) is 0.812. The van der Waals surface area contributed by atoms with E-state index in [4.69, 9.17) is 0 Å². The summed E-state index contributed by atoms with van der Waals surface area (Å²) in [5.41, 5.74) is 5.74. The predicted molar refractivity (Wildman–Crippen MR) is 98.3 cm³/mol. The van der Waals surface area contributed by atoms with E-state index in [0.29, 0.717) is 0 Å². The molecule has 0 unspecified atom stereocenters. The number of benzene rings is 2. The van der Waals surface area contributed by atoms with Gasteiger partial charge in [0.25, 0.3) is 0 Å². The molecule has 0 aromatic heterocycles. The molecule has 126 valence electrons. The Morgan fingerprint density at radius 2 is 1.50 bits per heavy atom. The van der Waals surface area contributed by atoms with Crippen molar-refractivity contribution < 1.29 is 9.59 Å². The molecule has 4 heteroatoms. The van der Waals surface area contributed by atoms with Crippen LogP contribution in [0.4, 0.5) is 11.4 Å². The van der Waals surface area contributed by atoms with Gasteiger partial charge in [-0.3, -0.25) is 9.59 Å². The van der Waals surface area contributed by atoms with Crippen LogP contribution in [0.15, 0.2) is 36.4 Å². The van der Waals surface area contributed by atoms with Crippen LogP contribution in [0, 0.1) is 20.8 Å². The Balaban J connectivity index is 2.02. The van der Waals surface area contributed by atoms with Crippen LogP contribution in [-0.2, 0) is 16.0 Å². The third kappa shape index (κ3) is 4.22. The Bertz CT molecular complexity index is 766. The summed E-state index contributed by atoms with van der Waals surface area (Å²) in [7, 11) is 0. The second-order valence-corrected chi connectivity index (χ2v) is 5.98. The minimum atomic E-state index is -0.312. The molecule has 0 saturated carbocycles. The Labute approximate surface area is 143 Å². The minimum Gasteiger partial charge on any atom is -0.325 e. The summed E-state index contributed by atoms with van der Waals surface area (Å²) in [6, 6.07) is 11.6. The summed E-state index contributed by atoms with van der Waals surface area (Å²) in [4.78, 5) is 24.4. The lowest BCUT2D eigenvalue weighted by molar-refractivity contribution is -0.123. The second kappa shape index (κ2) is 7.77. The largest absolute Gasteiger partial charge is 0.325 e. The van der Waals surface area contributed by atoms with Crippen molar-refractivity contribution in [3.05, 3.63) is 58.7 Å². The van der Waals surface area contributed by atoms with Gasteiger partial charge in [0, 0.05) is 11.4 Å². The predicted octanol–water partition coefficient (Wildman–Crippen LogP) is 4.14. The van der Waals surface area contributed by atoms with E-state index in [0.717, 1.165) is 40.0 Å². The van der Waals surface area contributed by atoms with Crippen LogP contribution in [0.5, 0.6) is 0 Å². The summed E-state index contributed by atoms with van der Waals surface area (Å²) in [6.07, 6.45) is 0.622. The van der Waals surface area contributed by atoms with Crippen LogP contribution in [0.3, 0.4) is 0 Å². The van der Waals surface area contributed by atoms with Gasteiger partial charge in [0.15, 0.2) is 0 Å². The fourth-order valence-electron chi connectivity index (χ4n) is 2.61. The lowest BCUT2D eigenvalue weighted by atomic mass is 10.1. The zero-order chi connectivity index (χ0) is 17.7. The molecule has 2 amide bonds. The number of nitrogens with one attached hydrogen (secondary N) is 2. The van der Waals surface area contributed by atoms with E-state index in [1.165, 1.54) is 0 Å². The topological polar surface area (TPSA) is 58.2 Å². The molecule has 0 radical (unpaired) electrons. The Morgan fingerprint density at radius 3 is 2.21 bits per heavy atom. The summed E-state index contributed by atoms with van der Waals surface area (Å²) in [5, 5.41) is 5.68. The van der Waals surface area contributed by atoms with Gasteiger partial charge in [0.1, 0.15) is 6.42 Å². The summed E-state index contributed by atoms with van der Waals surface area (Å²) in [5.74, 6) is -0.616. The van der Waals surface area contributed by atoms with Crippen molar-refractivity contribution in [3.8, 4) is 0 Å². The van der Waals surface area contributed by atoms with Gasteiger partial charge in [-0.2, -0.15) is 0 Å². The lowest BCUT2D eigenvalue weighted by Gasteiger charge is -2.13. The summed E-state index contributed by atoms with van der Waals surface area (Å²) >= 11 is 0. The highest BCUT2D eigenvalue weighted by atomic mass is 16.2. The van der Waals surface area contributed by atoms with Crippen LogP contribution in [0.25, 0.3) is 0 Å². The van der Waals surface area contributed by atoms with Gasteiger partial charge in [0.2, 0.25) is 11.8 Å². The molecule has 0 spiro atoms. The first-order valence-corrected chi connectivity index (χ1v) is 8.16. The highest BCUT2D eigenvalue weighted by molar-refractivity contribution is 6.08. The third-order valence-corrected chi connectivity index (χ3v) is 4.20. The van der Waals surface area contributed by atoms with Crippen LogP contribution >= 0.6 is 0 Å². The first-order chi connectivity index (χ1) is 11.4. The van der Waals surface area contributed by atoms with Crippen LogP contribution in [0.1, 0.15) is 35.6 Å². The molecular formula is C20H24N2O2. The normalized spacial score (nSPS) is 10.3. The van der Waals surface area contributed by atoms with Crippen molar-refractivity contribution in [2.24, 2.45) is 0 Å². The van der Waals surface area contributed by atoms with Gasteiger partial charge in [-0.25, -0.2) is 0 Å². The number of aryl methyl sites for hydroxylation is 3. The molecular weight excluding hydrogens is 300 g/mol. The molecule has 0 aliphatic carbocycles. The number of anilines is 2. The molecule has 0 bridgehead atoms. The van der Waals surface area contributed by atoms with Crippen molar-refractivity contribution in [2.75, 3.05) is 10.6 Å². The van der Waals surface area contributed by atoms with E-state index in [1.807, 2.05) is 64.1 Å². The van der Waals surface area contributed by atoms with Gasteiger partial charge in [-0.1, -0.05) is 37.3 Å². The highest BCUT2D eigenvalue weighted by Crippen LogP contribution is 2.21. The Kier molecular flexibility index (Phi) is 5.74. The first-order valence-electron chi connectivity index (χ1n) is 8.16. The molecule has 2 aromatic rings. The molecule has 2 N–H and O–H groups in total. The molecule has 4 nitrogen and oxygen atoms in total. The lowest BCUT2D eigenvalue weighted by Crippen LogP contribution is -2.22. The van der Waals surface area contributed by atoms with Gasteiger partial charge in [-0.15, -0.1) is 0 Å². The number of carbonyl (C=O) groups is 2. The standard InChI is InChI=1S/C20H24N2O2/c1-5-16-10-6-9-14(3)20(16)22-19(24)12-18(23)21-17-11-7-8-13(2)15(17)4/h6-11H,5,12H2,1-4H3,(H,21,23)(H,22,24). The van der Waals surface area contributed by atoms with Crippen LogP contribution in [-0.4, -0.2) is 11.8 Å². The SMILES string of the molecule is CCc1cccc(C)c1NC(=O)CC(=O)Nc1cccc(C)c1C. The molecule has 2 aromatic carbocycles. The van der Waals surface area contributed by atoms with Gasteiger partial charge >= 0.3 is 0 Å². The minimum absolute atomic E-state index is 0.204. The number of rotatable bonds is 5. The molecule has 0 heterocycles. The Morgan fingerprint density at radius 1 is 0.875 bits per heavy atom. The Hall–Kier alpha value is -2.62. The molecule has 0 aliphatic heterocycles. The number of para-hydroxylation sites is 1. The van der Waals surface area contributed by atoms with Crippen molar-refractivity contribution in [3.63, 3.8) is 0 Å². The number of hydrogen-bond acceptors (Lipinski definition) is 2.